The van der Waals surface area contributed by atoms with Gasteiger partial charge in [-0.1, -0.05) is 36.4 Å². The molecule has 2 N–H and O–H groups in total. The van der Waals surface area contributed by atoms with Crippen molar-refractivity contribution in [2.24, 2.45) is 0 Å². The fourth-order valence-corrected chi connectivity index (χ4v) is 3.85. The number of ether oxygens (including phenoxy) is 1. The molecule has 156 valence electrons. The predicted molar refractivity (Wildman–Crippen MR) is 120 cm³/mol. The Morgan fingerprint density at radius 3 is 2.30 bits per heavy atom. The van der Waals surface area contributed by atoms with Crippen LogP contribution in [0.25, 0.3) is 0 Å². The molecule has 7 heteroatoms. The van der Waals surface area contributed by atoms with Crippen LogP contribution in [-0.2, 0) is 9.59 Å². The molecule has 1 aromatic heterocycles. The van der Waals surface area contributed by atoms with Crippen molar-refractivity contribution in [1.82, 2.24) is 10.2 Å². The zero-order chi connectivity index (χ0) is 21.3. The lowest BCUT2D eigenvalue weighted by molar-refractivity contribution is -0.123. The van der Waals surface area contributed by atoms with Gasteiger partial charge in [0.2, 0.25) is 11.8 Å². The molecule has 2 amide bonds. The summed E-state index contributed by atoms with van der Waals surface area (Å²) in [5, 5.41) is 7.90. The van der Waals surface area contributed by atoms with Crippen molar-refractivity contribution in [3.63, 3.8) is 0 Å². The van der Waals surface area contributed by atoms with E-state index < -0.39 is 0 Å². The highest BCUT2D eigenvalue weighted by Crippen LogP contribution is 2.25. The quantitative estimate of drug-likeness (QED) is 0.552. The summed E-state index contributed by atoms with van der Waals surface area (Å²) in [7, 11) is 3.34. The third-order valence-corrected chi connectivity index (χ3v) is 5.40. The summed E-state index contributed by atoms with van der Waals surface area (Å²) in [4.78, 5) is 27.7. The van der Waals surface area contributed by atoms with Crippen LogP contribution in [0.1, 0.15) is 16.5 Å². The van der Waals surface area contributed by atoms with E-state index in [2.05, 4.69) is 10.6 Å². The molecule has 0 aliphatic carbocycles. The van der Waals surface area contributed by atoms with Gasteiger partial charge in [0.15, 0.2) is 0 Å². The van der Waals surface area contributed by atoms with E-state index in [0.717, 1.165) is 16.2 Å². The Bertz CT molecular complexity index is 944. The lowest BCUT2D eigenvalue weighted by atomic mass is 10.1. The zero-order valence-corrected chi connectivity index (χ0v) is 17.8. The van der Waals surface area contributed by atoms with Crippen molar-refractivity contribution in [2.45, 2.75) is 6.04 Å². The van der Waals surface area contributed by atoms with Gasteiger partial charge in [0.1, 0.15) is 5.75 Å². The molecule has 3 rings (SSSR count). The Kier molecular flexibility index (Phi) is 7.59. The van der Waals surface area contributed by atoms with Gasteiger partial charge in [-0.25, -0.2) is 0 Å². The van der Waals surface area contributed by atoms with Gasteiger partial charge in [-0.15, -0.1) is 11.3 Å². The van der Waals surface area contributed by atoms with E-state index in [0.29, 0.717) is 5.69 Å². The number of hydrogen-bond donors (Lipinski definition) is 2. The van der Waals surface area contributed by atoms with Crippen LogP contribution in [0.15, 0.2) is 72.1 Å². The number of carbonyl (C=O) groups excluding carboxylic acids is 2. The number of thiophene rings is 1. The normalized spacial score (nSPS) is 11.7. The third kappa shape index (κ3) is 6.17. The molecule has 0 unspecified atom stereocenters. The van der Waals surface area contributed by atoms with Crippen LogP contribution < -0.4 is 15.4 Å². The molecule has 0 spiro atoms. The van der Waals surface area contributed by atoms with Crippen molar-refractivity contribution in [1.29, 1.82) is 0 Å². The van der Waals surface area contributed by atoms with E-state index in [1.165, 1.54) is 0 Å². The molecule has 6 nitrogen and oxygen atoms in total. The number of carbonyl (C=O) groups is 2. The highest BCUT2D eigenvalue weighted by molar-refractivity contribution is 7.10. The number of hydrogen-bond acceptors (Lipinski definition) is 5. The van der Waals surface area contributed by atoms with E-state index in [-0.39, 0.29) is 30.9 Å². The lowest BCUT2D eigenvalue weighted by Crippen LogP contribution is -2.40. The number of nitrogens with one attached hydrogen (secondary N) is 2. The first-order valence-electron chi connectivity index (χ1n) is 9.55. The summed E-state index contributed by atoms with van der Waals surface area (Å²) in [5.41, 5.74) is 1.70. The molecule has 0 radical (unpaired) electrons. The first kappa shape index (κ1) is 21.5. The molecule has 0 saturated carbocycles. The van der Waals surface area contributed by atoms with Crippen LogP contribution in [0.2, 0.25) is 0 Å². The van der Waals surface area contributed by atoms with Crippen LogP contribution in [0.3, 0.4) is 0 Å². The van der Waals surface area contributed by atoms with Gasteiger partial charge >= 0.3 is 0 Å². The molecular weight excluding hydrogens is 398 g/mol. The van der Waals surface area contributed by atoms with Crippen LogP contribution in [0.4, 0.5) is 5.69 Å². The summed E-state index contributed by atoms with van der Waals surface area (Å²) < 4.78 is 5.11. The summed E-state index contributed by atoms with van der Waals surface area (Å²) >= 11 is 1.60. The van der Waals surface area contributed by atoms with Gasteiger partial charge in [-0.05, 0) is 48.3 Å². The minimum absolute atomic E-state index is 0.106. The maximum Gasteiger partial charge on any atom is 0.238 e. The number of benzene rings is 2. The van der Waals surface area contributed by atoms with Crippen LogP contribution in [-0.4, -0.2) is 44.0 Å². The van der Waals surface area contributed by atoms with E-state index in [1.54, 1.807) is 54.7 Å². The maximum atomic E-state index is 12.6. The Hall–Kier alpha value is -3.16. The smallest absolute Gasteiger partial charge is 0.238 e. The van der Waals surface area contributed by atoms with E-state index >= 15 is 0 Å². The average Bonchev–Trinajstić information content (AvgIpc) is 3.27. The summed E-state index contributed by atoms with van der Waals surface area (Å²) in [5.74, 6) is 0.394. The van der Waals surface area contributed by atoms with E-state index in [4.69, 9.17) is 4.74 Å². The molecule has 0 saturated heterocycles. The largest absolute Gasteiger partial charge is 0.497 e. The predicted octanol–water partition coefficient (Wildman–Crippen LogP) is 3.53. The summed E-state index contributed by atoms with van der Waals surface area (Å²) in [6.45, 7) is 0.221. The Morgan fingerprint density at radius 2 is 1.67 bits per heavy atom. The van der Waals surface area contributed by atoms with Crippen molar-refractivity contribution >= 4 is 28.8 Å². The van der Waals surface area contributed by atoms with Crippen LogP contribution in [0, 0.1) is 0 Å². The zero-order valence-electron chi connectivity index (χ0n) is 17.0. The molecule has 1 atom stereocenters. The number of rotatable bonds is 9. The molecule has 0 bridgehead atoms. The molecule has 2 aromatic carbocycles. The molecular formula is C23H25N3O3S. The van der Waals surface area contributed by atoms with Crippen molar-refractivity contribution in [2.75, 3.05) is 32.6 Å². The first-order chi connectivity index (χ1) is 14.5. The van der Waals surface area contributed by atoms with E-state index in [1.807, 2.05) is 47.8 Å². The second kappa shape index (κ2) is 10.6. The second-order valence-electron chi connectivity index (χ2n) is 6.88. The van der Waals surface area contributed by atoms with Crippen molar-refractivity contribution < 1.29 is 14.3 Å². The number of nitrogens with zero attached hydrogens (tertiary/aromatic N) is 1. The molecule has 0 aliphatic rings. The average molecular weight is 424 g/mol. The lowest BCUT2D eigenvalue weighted by Gasteiger charge is -2.21. The molecule has 3 aromatic rings. The minimum Gasteiger partial charge on any atom is -0.497 e. The number of likely N-dealkylation sites (N-methyl/N-ethyl adjacent to an activating group) is 1. The third-order valence-electron chi connectivity index (χ3n) is 4.47. The fourth-order valence-electron chi connectivity index (χ4n) is 3.05. The maximum absolute atomic E-state index is 12.6. The molecule has 0 aliphatic heterocycles. The molecule has 30 heavy (non-hydrogen) atoms. The monoisotopic (exact) mass is 423 g/mol. The first-order valence-corrected chi connectivity index (χ1v) is 10.4. The van der Waals surface area contributed by atoms with Crippen molar-refractivity contribution in [3.8, 4) is 5.75 Å². The minimum atomic E-state index is -0.208. The summed E-state index contributed by atoms with van der Waals surface area (Å²) in [6, 6.07) is 20.7. The van der Waals surface area contributed by atoms with Crippen molar-refractivity contribution in [3.05, 3.63) is 82.6 Å². The second-order valence-corrected chi connectivity index (χ2v) is 7.85. The number of methoxy groups -OCH3 is 1. The SMILES string of the molecule is COc1ccc(NC(=O)CN(C)CC(=O)N[C@@H](c2ccccc2)c2cccs2)cc1. The topological polar surface area (TPSA) is 70.7 Å². The van der Waals surface area contributed by atoms with Crippen LogP contribution >= 0.6 is 11.3 Å². The molecule has 0 fully saturated rings. The Labute approximate surface area is 180 Å². The fraction of sp³-hybridized carbons (Fsp3) is 0.217. The molecule has 1 heterocycles. The Morgan fingerprint density at radius 1 is 0.967 bits per heavy atom. The van der Waals surface area contributed by atoms with Gasteiger partial charge < -0.3 is 15.4 Å². The summed E-state index contributed by atoms with van der Waals surface area (Å²) in [6.07, 6.45) is 0. The standard InChI is InChI=1S/C23H25N3O3S/c1-26(15-21(27)24-18-10-12-19(29-2)13-11-18)16-22(28)25-23(20-9-6-14-30-20)17-7-4-3-5-8-17/h3-14,23H,15-16H2,1-2H3,(H,24,27)(H,25,28)/t23-/m0/s1. The van der Waals surface area contributed by atoms with Gasteiger partial charge in [0.25, 0.3) is 0 Å². The highest BCUT2D eigenvalue weighted by atomic mass is 32.1. The highest BCUT2D eigenvalue weighted by Gasteiger charge is 2.19. The van der Waals surface area contributed by atoms with Gasteiger partial charge in [0.05, 0.1) is 26.2 Å². The van der Waals surface area contributed by atoms with Gasteiger partial charge in [-0.3, -0.25) is 14.5 Å². The Balaban J connectivity index is 1.54. The van der Waals surface area contributed by atoms with Crippen LogP contribution in [0.5, 0.6) is 5.75 Å². The number of amides is 2. The van der Waals surface area contributed by atoms with Gasteiger partial charge in [-0.2, -0.15) is 0 Å². The van der Waals surface area contributed by atoms with Gasteiger partial charge in [0, 0.05) is 10.6 Å². The van der Waals surface area contributed by atoms with E-state index in [9.17, 15) is 9.59 Å². The number of anilines is 1.